The van der Waals surface area contributed by atoms with Gasteiger partial charge >= 0.3 is 0 Å². The van der Waals surface area contributed by atoms with Crippen molar-refractivity contribution >= 4 is 17.6 Å². The molecular formula is C17H23N5O3. The maximum atomic E-state index is 8.97. The minimum atomic E-state index is 0.0213. The molecule has 0 radical (unpaired) electrons. The molecule has 0 aliphatic carbocycles. The van der Waals surface area contributed by atoms with Crippen LogP contribution in [0.2, 0.25) is 0 Å². The number of anilines is 3. The Morgan fingerprint density at radius 2 is 2.28 bits per heavy atom. The summed E-state index contributed by atoms with van der Waals surface area (Å²) in [5.74, 6) is 3.04. The molecule has 3 rings (SSSR count). The van der Waals surface area contributed by atoms with Crippen LogP contribution in [0.5, 0.6) is 11.5 Å². The van der Waals surface area contributed by atoms with Crippen LogP contribution < -0.4 is 25.4 Å². The number of rotatable bonds is 5. The molecule has 1 aromatic heterocycles. The predicted octanol–water partition coefficient (Wildman–Crippen LogP) is 1.26. The van der Waals surface area contributed by atoms with E-state index < -0.39 is 0 Å². The van der Waals surface area contributed by atoms with Gasteiger partial charge in [-0.2, -0.15) is 9.97 Å². The summed E-state index contributed by atoms with van der Waals surface area (Å²) in [5.41, 5.74) is 6.88. The normalized spacial score (nSPS) is 14.1. The quantitative estimate of drug-likeness (QED) is 0.744. The summed E-state index contributed by atoms with van der Waals surface area (Å²) < 4.78 is 11.3. The molecule has 0 unspecified atom stereocenters. The Morgan fingerprint density at radius 1 is 1.40 bits per heavy atom. The number of nitrogens with two attached hydrogens (primary N) is 1. The van der Waals surface area contributed by atoms with Gasteiger partial charge in [0.15, 0.2) is 11.5 Å². The van der Waals surface area contributed by atoms with Crippen LogP contribution in [-0.2, 0) is 6.54 Å². The molecule has 1 aliphatic rings. The maximum absolute atomic E-state index is 8.97. The fourth-order valence-electron chi connectivity index (χ4n) is 2.81. The van der Waals surface area contributed by atoms with Crippen LogP contribution in [0.4, 0.5) is 17.6 Å². The maximum Gasteiger partial charge on any atom is 0.223 e. The molecule has 0 saturated carbocycles. The number of aromatic nitrogens is 2. The van der Waals surface area contributed by atoms with Gasteiger partial charge in [0, 0.05) is 31.3 Å². The van der Waals surface area contributed by atoms with Crippen LogP contribution in [0.3, 0.4) is 0 Å². The topological polar surface area (TPSA) is 106 Å². The number of fused-ring (bicyclic) bond motifs is 1. The second kappa shape index (κ2) is 7.89. The number of benzene rings is 1. The summed E-state index contributed by atoms with van der Waals surface area (Å²) in [7, 11) is 1.64. The number of nitrogens with one attached hydrogen (secondary N) is 1. The molecule has 0 atom stereocenters. The van der Waals surface area contributed by atoms with E-state index in [0.717, 1.165) is 35.8 Å². The van der Waals surface area contributed by atoms with Crippen molar-refractivity contribution in [2.75, 3.05) is 49.4 Å². The first-order valence-corrected chi connectivity index (χ1v) is 8.24. The number of nitrogen functional groups attached to an aromatic ring is 1. The molecule has 4 N–H and O–H groups in total. The van der Waals surface area contributed by atoms with Gasteiger partial charge in [-0.15, -0.1) is 0 Å². The Morgan fingerprint density at radius 3 is 3.08 bits per heavy atom. The molecule has 25 heavy (non-hydrogen) atoms. The van der Waals surface area contributed by atoms with Gasteiger partial charge in [0.05, 0.1) is 20.3 Å². The molecule has 0 bridgehead atoms. The zero-order chi connectivity index (χ0) is 17.6. The number of aliphatic hydroxyl groups excluding tert-OH is 1. The van der Waals surface area contributed by atoms with E-state index in [1.165, 1.54) is 0 Å². The average molecular weight is 345 g/mol. The summed E-state index contributed by atoms with van der Waals surface area (Å²) in [6, 6.07) is 7.70. The number of aliphatic hydroxyl groups is 1. The third kappa shape index (κ3) is 4.03. The monoisotopic (exact) mass is 345 g/mol. The van der Waals surface area contributed by atoms with Gasteiger partial charge in [0.2, 0.25) is 5.95 Å². The van der Waals surface area contributed by atoms with Crippen molar-refractivity contribution in [2.45, 2.75) is 13.0 Å². The molecular weight excluding hydrogens is 322 g/mol. The van der Waals surface area contributed by atoms with Crippen molar-refractivity contribution in [3.8, 4) is 11.5 Å². The van der Waals surface area contributed by atoms with Crippen molar-refractivity contribution < 1.29 is 14.6 Å². The first kappa shape index (κ1) is 17.1. The van der Waals surface area contributed by atoms with E-state index in [2.05, 4.69) is 20.2 Å². The highest BCUT2D eigenvalue weighted by Crippen LogP contribution is 2.34. The van der Waals surface area contributed by atoms with Crippen molar-refractivity contribution in [1.82, 2.24) is 9.97 Å². The number of ether oxygens (including phenoxy) is 2. The number of nitrogens with zero attached hydrogens (tertiary/aromatic N) is 3. The highest BCUT2D eigenvalue weighted by Gasteiger charge is 2.19. The van der Waals surface area contributed by atoms with Gasteiger partial charge in [-0.3, -0.25) is 0 Å². The predicted molar refractivity (Wildman–Crippen MR) is 96.2 cm³/mol. The molecule has 1 aliphatic heterocycles. The first-order valence-electron chi connectivity index (χ1n) is 8.24. The Hall–Kier alpha value is -2.74. The molecule has 134 valence electrons. The zero-order valence-corrected chi connectivity index (χ0v) is 14.2. The molecule has 0 saturated heterocycles. The van der Waals surface area contributed by atoms with Gasteiger partial charge < -0.3 is 30.5 Å². The van der Waals surface area contributed by atoms with Crippen molar-refractivity contribution in [2.24, 2.45) is 0 Å². The first-order chi connectivity index (χ1) is 12.2. The van der Waals surface area contributed by atoms with Gasteiger partial charge in [-0.05, 0) is 12.5 Å². The molecule has 8 heteroatoms. The molecule has 8 nitrogen and oxygen atoms in total. The molecule has 0 amide bonds. The van der Waals surface area contributed by atoms with E-state index in [4.69, 9.17) is 20.3 Å². The zero-order valence-electron chi connectivity index (χ0n) is 14.2. The van der Waals surface area contributed by atoms with Gasteiger partial charge in [-0.1, -0.05) is 12.1 Å². The summed E-state index contributed by atoms with van der Waals surface area (Å²) in [6.07, 6.45) is 0.848. The lowest BCUT2D eigenvalue weighted by Crippen LogP contribution is -2.29. The number of hydrogen-bond acceptors (Lipinski definition) is 8. The van der Waals surface area contributed by atoms with E-state index in [-0.39, 0.29) is 12.6 Å². The van der Waals surface area contributed by atoms with Crippen LogP contribution in [0.25, 0.3) is 0 Å². The fraction of sp³-hybridized carbons (Fsp3) is 0.412. The molecule has 2 heterocycles. The molecule has 2 aromatic rings. The Labute approximate surface area is 146 Å². The molecule has 1 aromatic carbocycles. The minimum absolute atomic E-state index is 0.0213. The smallest absolute Gasteiger partial charge is 0.223 e. The Bertz CT molecular complexity index is 725. The van der Waals surface area contributed by atoms with E-state index in [1.807, 2.05) is 24.3 Å². The van der Waals surface area contributed by atoms with E-state index in [1.54, 1.807) is 7.11 Å². The summed E-state index contributed by atoms with van der Waals surface area (Å²) in [5, 5.41) is 12.0. The van der Waals surface area contributed by atoms with Gasteiger partial charge in [-0.25, -0.2) is 0 Å². The second-order valence-corrected chi connectivity index (χ2v) is 5.69. The lowest BCUT2D eigenvalue weighted by molar-refractivity contribution is 0.281. The lowest BCUT2D eigenvalue weighted by Gasteiger charge is -2.28. The molecule has 0 fully saturated rings. The third-order valence-electron chi connectivity index (χ3n) is 3.93. The van der Waals surface area contributed by atoms with E-state index in [0.29, 0.717) is 25.5 Å². The number of methoxy groups -OCH3 is 1. The summed E-state index contributed by atoms with van der Waals surface area (Å²) >= 11 is 0. The van der Waals surface area contributed by atoms with Crippen LogP contribution >= 0.6 is 0 Å². The van der Waals surface area contributed by atoms with E-state index in [9.17, 15) is 0 Å². The van der Waals surface area contributed by atoms with Crippen LogP contribution in [-0.4, -0.2) is 48.5 Å². The highest BCUT2D eigenvalue weighted by atomic mass is 16.5. The van der Waals surface area contributed by atoms with Crippen molar-refractivity contribution in [3.05, 3.63) is 29.8 Å². The van der Waals surface area contributed by atoms with Crippen molar-refractivity contribution in [3.63, 3.8) is 0 Å². The summed E-state index contributed by atoms with van der Waals surface area (Å²) in [6.45, 7) is 2.44. The molecule has 0 spiro atoms. The Kier molecular flexibility index (Phi) is 5.39. The van der Waals surface area contributed by atoms with E-state index >= 15 is 0 Å². The van der Waals surface area contributed by atoms with Gasteiger partial charge in [0.1, 0.15) is 11.6 Å². The minimum Gasteiger partial charge on any atom is -0.493 e. The lowest BCUT2D eigenvalue weighted by atomic mass is 10.1. The second-order valence-electron chi connectivity index (χ2n) is 5.69. The largest absolute Gasteiger partial charge is 0.493 e. The SMILES string of the molecule is COc1cccc2c1OCCCN(c1cc(NCCO)nc(N)n1)C2. The highest BCUT2D eigenvalue weighted by molar-refractivity contribution is 5.55. The van der Waals surface area contributed by atoms with Crippen LogP contribution in [0, 0.1) is 0 Å². The Balaban J connectivity index is 1.90. The van der Waals surface area contributed by atoms with Crippen LogP contribution in [0.15, 0.2) is 24.3 Å². The number of para-hydroxylation sites is 1. The summed E-state index contributed by atoms with van der Waals surface area (Å²) in [4.78, 5) is 10.7. The number of hydrogen-bond donors (Lipinski definition) is 3. The third-order valence-corrected chi connectivity index (χ3v) is 3.93. The average Bonchev–Trinajstić information content (AvgIpc) is 2.59. The van der Waals surface area contributed by atoms with Crippen LogP contribution in [0.1, 0.15) is 12.0 Å². The fourth-order valence-corrected chi connectivity index (χ4v) is 2.81. The van der Waals surface area contributed by atoms with Crippen molar-refractivity contribution in [1.29, 1.82) is 0 Å². The van der Waals surface area contributed by atoms with Gasteiger partial charge in [0.25, 0.3) is 0 Å². The standard InChI is InChI=1S/C17H23N5O3/c1-24-13-5-2-4-12-11-22(7-3-9-25-16(12)13)15-10-14(19-6-8-23)20-17(18)21-15/h2,4-5,10,23H,3,6-9,11H2,1H3,(H3,18,19,20,21).